The van der Waals surface area contributed by atoms with E-state index in [0.29, 0.717) is 21.5 Å². The Labute approximate surface area is 261 Å². The Balaban J connectivity index is 1.09. The summed E-state index contributed by atoms with van der Waals surface area (Å²) in [5.41, 5.74) is 0. The lowest BCUT2D eigenvalue weighted by atomic mass is 9.54. The molecule has 0 spiro atoms. The SMILES string of the molecule is O=C1C2C3C=CC(C2C(=O)N1OS(=O)(=O)c1cccc2ccccc12)C1C(=O)N(OS(=O)(=O)c2cccc4ccccc24)C(=O)C31. The summed E-state index contributed by atoms with van der Waals surface area (Å²) in [7, 11) is -9.34. The lowest BCUT2D eigenvalue weighted by Gasteiger charge is -2.44. The predicted molar refractivity (Wildman–Crippen MR) is 158 cm³/mol. The van der Waals surface area contributed by atoms with Gasteiger partial charge in [0.1, 0.15) is 9.79 Å². The van der Waals surface area contributed by atoms with Gasteiger partial charge < -0.3 is 0 Å². The minimum absolute atomic E-state index is 0.217. The molecule has 1 saturated carbocycles. The van der Waals surface area contributed by atoms with E-state index in [2.05, 4.69) is 0 Å². The number of fused-ring (bicyclic) bond motifs is 2. The van der Waals surface area contributed by atoms with Crippen molar-refractivity contribution in [1.29, 1.82) is 0 Å². The van der Waals surface area contributed by atoms with Crippen LogP contribution in [0.15, 0.2) is 107 Å². The number of amides is 4. The second-order valence-electron chi connectivity index (χ2n) is 11.6. The standard InChI is InChI=1S/C32H22N2O10S2/c35-29-25-21-15-16-22(26(25)30(36)33(29)43-45(39,40)23-13-5-9-17-7-1-3-11-19(17)23)28-27(21)31(37)34(32(28)38)44-46(41,42)24-14-6-10-18-8-2-4-12-20(18)24/h1-16,21-22,25-28H. The van der Waals surface area contributed by atoms with E-state index in [9.17, 15) is 36.0 Å². The molecule has 4 amide bonds. The summed E-state index contributed by atoms with van der Waals surface area (Å²) in [5, 5.41) is 2.28. The molecule has 4 aromatic carbocycles. The van der Waals surface area contributed by atoms with Gasteiger partial charge in [-0.05, 0) is 22.9 Å². The molecule has 3 fully saturated rings. The van der Waals surface area contributed by atoms with Gasteiger partial charge in [0.2, 0.25) is 0 Å². The fourth-order valence-electron chi connectivity index (χ4n) is 7.42. The second kappa shape index (κ2) is 9.87. The maximum atomic E-state index is 13.7. The molecule has 0 N–H and O–H groups in total. The molecule has 4 atom stereocenters. The average Bonchev–Trinajstić information content (AvgIpc) is 3.46. The van der Waals surface area contributed by atoms with Crippen molar-refractivity contribution in [2.75, 3.05) is 0 Å². The van der Waals surface area contributed by atoms with Crippen molar-refractivity contribution in [3.8, 4) is 0 Å². The number of hydroxylamine groups is 4. The number of allylic oxidation sites excluding steroid dienone is 2. The summed E-state index contributed by atoms with van der Waals surface area (Å²) in [6.45, 7) is 0. The lowest BCUT2D eigenvalue weighted by molar-refractivity contribution is -0.166. The largest absolute Gasteiger partial charge is 0.318 e. The van der Waals surface area contributed by atoms with Crippen LogP contribution < -0.4 is 0 Å². The number of benzene rings is 4. The number of rotatable bonds is 6. The maximum absolute atomic E-state index is 13.7. The van der Waals surface area contributed by atoms with Crippen molar-refractivity contribution in [3.05, 3.63) is 97.1 Å². The summed E-state index contributed by atoms with van der Waals surface area (Å²) in [5.74, 6) is -10.8. The molecule has 2 bridgehead atoms. The molecule has 2 heterocycles. The van der Waals surface area contributed by atoms with Gasteiger partial charge in [-0.25, -0.2) is 0 Å². The summed E-state index contributed by atoms with van der Waals surface area (Å²) < 4.78 is 63.9. The molecule has 2 aliphatic heterocycles. The number of carbonyl (C=O) groups excluding carboxylic acids is 4. The molecule has 0 radical (unpaired) electrons. The van der Waals surface area contributed by atoms with Crippen LogP contribution in [0.3, 0.4) is 0 Å². The lowest BCUT2D eigenvalue weighted by Crippen LogP contribution is -2.50. The zero-order chi connectivity index (χ0) is 32.1. The summed E-state index contributed by atoms with van der Waals surface area (Å²) in [6, 6.07) is 22.3. The Bertz CT molecular complexity index is 2090. The van der Waals surface area contributed by atoms with Crippen LogP contribution in [0.1, 0.15) is 0 Å². The Hall–Kier alpha value is -4.76. The molecule has 5 aliphatic rings. The highest BCUT2D eigenvalue weighted by Crippen LogP contribution is 2.58. The molecule has 14 heteroatoms. The Morgan fingerprint density at radius 3 is 1.15 bits per heavy atom. The van der Waals surface area contributed by atoms with Crippen LogP contribution in [-0.4, -0.2) is 50.6 Å². The smallest absolute Gasteiger partial charge is 0.272 e. The summed E-state index contributed by atoms with van der Waals surface area (Å²) in [6.07, 6.45) is 3.07. The maximum Gasteiger partial charge on any atom is 0.318 e. The summed E-state index contributed by atoms with van der Waals surface area (Å²) in [4.78, 5) is 54.1. The number of nitrogens with zero attached hydrogens (tertiary/aromatic N) is 2. The molecular formula is C32H22N2O10S2. The van der Waals surface area contributed by atoms with Crippen LogP contribution in [0.5, 0.6) is 0 Å². The van der Waals surface area contributed by atoms with Gasteiger partial charge in [-0.2, -0.15) is 16.8 Å². The zero-order valence-electron chi connectivity index (χ0n) is 23.5. The molecular weight excluding hydrogens is 636 g/mol. The third-order valence-corrected chi connectivity index (χ3v) is 11.8. The quantitative estimate of drug-likeness (QED) is 0.223. The first kappa shape index (κ1) is 28.7. The van der Waals surface area contributed by atoms with Crippen molar-refractivity contribution in [1.82, 2.24) is 10.1 Å². The third kappa shape index (κ3) is 3.97. The molecule has 232 valence electrons. The second-order valence-corrected chi connectivity index (χ2v) is 14.6. The van der Waals surface area contributed by atoms with Gasteiger partial charge in [0, 0.05) is 22.6 Å². The fourth-order valence-corrected chi connectivity index (χ4v) is 9.67. The topological polar surface area (TPSA) is 161 Å². The monoisotopic (exact) mass is 658 g/mol. The zero-order valence-corrected chi connectivity index (χ0v) is 25.1. The molecule has 4 aromatic rings. The number of carbonyl (C=O) groups is 4. The van der Waals surface area contributed by atoms with Crippen molar-refractivity contribution in [2.45, 2.75) is 9.79 Å². The van der Waals surface area contributed by atoms with Gasteiger partial charge in [0.15, 0.2) is 0 Å². The third-order valence-electron chi connectivity index (χ3n) is 9.31. The Kier molecular flexibility index (Phi) is 6.16. The minimum Gasteiger partial charge on any atom is -0.272 e. The molecule has 12 nitrogen and oxygen atoms in total. The van der Waals surface area contributed by atoms with Gasteiger partial charge in [-0.3, -0.25) is 19.2 Å². The van der Waals surface area contributed by atoms with Crippen LogP contribution >= 0.6 is 0 Å². The van der Waals surface area contributed by atoms with E-state index in [1.165, 1.54) is 36.4 Å². The van der Waals surface area contributed by atoms with Gasteiger partial charge >= 0.3 is 20.2 Å². The first-order valence-corrected chi connectivity index (χ1v) is 17.1. The molecule has 0 aromatic heterocycles. The number of hydrogen-bond acceptors (Lipinski definition) is 10. The Morgan fingerprint density at radius 2 is 0.783 bits per heavy atom. The average molecular weight is 659 g/mol. The van der Waals surface area contributed by atoms with E-state index < -0.39 is 79.4 Å². The van der Waals surface area contributed by atoms with Gasteiger partial charge in [-0.1, -0.05) is 84.9 Å². The van der Waals surface area contributed by atoms with E-state index in [0.717, 1.165) is 0 Å². The highest BCUT2D eigenvalue weighted by Gasteiger charge is 2.70. The van der Waals surface area contributed by atoms with Crippen LogP contribution in [0, 0.1) is 35.5 Å². The van der Waals surface area contributed by atoms with Crippen LogP contribution in [0.2, 0.25) is 0 Å². The van der Waals surface area contributed by atoms with Crippen LogP contribution in [0.4, 0.5) is 0 Å². The first-order valence-electron chi connectivity index (χ1n) is 14.3. The first-order chi connectivity index (χ1) is 22.0. The van der Waals surface area contributed by atoms with Crippen molar-refractivity contribution in [2.24, 2.45) is 35.5 Å². The number of hydrogen-bond donors (Lipinski definition) is 0. The fraction of sp³-hybridized carbons (Fsp3) is 0.188. The van der Waals surface area contributed by atoms with E-state index in [1.54, 1.807) is 60.7 Å². The molecule has 3 aliphatic carbocycles. The highest BCUT2D eigenvalue weighted by atomic mass is 32.2. The van der Waals surface area contributed by atoms with Gasteiger partial charge in [-0.15, -0.1) is 18.7 Å². The minimum atomic E-state index is -4.67. The van der Waals surface area contributed by atoms with E-state index >= 15 is 0 Å². The molecule has 46 heavy (non-hydrogen) atoms. The molecule has 2 saturated heterocycles. The number of imide groups is 2. The van der Waals surface area contributed by atoms with E-state index in [1.807, 2.05) is 0 Å². The van der Waals surface area contributed by atoms with E-state index in [4.69, 9.17) is 8.57 Å². The van der Waals surface area contributed by atoms with Crippen LogP contribution in [-0.2, 0) is 48.0 Å². The van der Waals surface area contributed by atoms with Gasteiger partial charge in [0.25, 0.3) is 23.6 Å². The summed E-state index contributed by atoms with van der Waals surface area (Å²) >= 11 is 0. The van der Waals surface area contributed by atoms with Crippen molar-refractivity contribution < 1.29 is 44.6 Å². The molecule has 9 rings (SSSR count). The molecule has 4 unspecified atom stereocenters. The Morgan fingerprint density at radius 1 is 0.457 bits per heavy atom. The predicted octanol–water partition coefficient (Wildman–Crippen LogP) is 2.95. The highest BCUT2D eigenvalue weighted by molar-refractivity contribution is 7.87. The van der Waals surface area contributed by atoms with Gasteiger partial charge in [0.05, 0.1) is 23.7 Å². The normalized spacial score (nSPS) is 27.2. The van der Waals surface area contributed by atoms with Crippen molar-refractivity contribution >= 4 is 65.4 Å². The van der Waals surface area contributed by atoms with Crippen molar-refractivity contribution in [3.63, 3.8) is 0 Å². The van der Waals surface area contributed by atoms with E-state index in [-0.39, 0.29) is 19.9 Å². The van der Waals surface area contributed by atoms with Crippen LogP contribution in [0.25, 0.3) is 21.5 Å².